The lowest BCUT2D eigenvalue weighted by Crippen LogP contribution is -2.35. The molecule has 29 heavy (non-hydrogen) atoms. The molecular weight excluding hydrogens is 509 g/mol. The van der Waals surface area contributed by atoms with E-state index in [9.17, 15) is 14.4 Å². The lowest BCUT2D eigenvalue weighted by molar-refractivity contribution is -0.149. The lowest BCUT2D eigenvalue weighted by atomic mass is 10.2. The van der Waals surface area contributed by atoms with E-state index in [0.29, 0.717) is 30.3 Å². The summed E-state index contributed by atoms with van der Waals surface area (Å²) >= 11 is 2.95. The van der Waals surface area contributed by atoms with Gasteiger partial charge in [0.2, 0.25) is 0 Å². The number of esters is 1. The van der Waals surface area contributed by atoms with Crippen molar-refractivity contribution in [2.24, 2.45) is 0 Å². The summed E-state index contributed by atoms with van der Waals surface area (Å²) in [6, 6.07) is 3.63. The van der Waals surface area contributed by atoms with Crippen molar-refractivity contribution < 1.29 is 28.6 Å². The highest BCUT2D eigenvalue weighted by molar-refractivity contribution is 14.1. The number of carbonyl (C=O) groups is 3. The van der Waals surface area contributed by atoms with Crippen LogP contribution in [0.4, 0.5) is 4.79 Å². The average Bonchev–Trinajstić information content (AvgIpc) is 2.88. The van der Waals surface area contributed by atoms with Gasteiger partial charge < -0.3 is 14.2 Å². The van der Waals surface area contributed by atoms with E-state index in [2.05, 4.69) is 22.6 Å². The normalized spacial score (nSPS) is 15.4. The molecule has 7 nitrogen and oxygen atoms in total. The van der Waals surface area contributed by atoms with Crippen LogP contribution >= 0.6 is 34.4 Å². The molecule has 1 saturated heterocycles. The Kier molecular flexibility index (Phi) is 8.81. The number of imide groups is 1. The van der Waals surface area contributed by atoms with Crippen molar-refractivity contribution in [3.8, 4) is 11.5 Å². The summed E-state index contributed by atoms with van der Waals surface area (Å²) < 4.78 is 17.3. The van der Waals surface area contributed by atoms with E-state index in [1.54, 1.807) is 26.0 Å². The maximum absolute atomic E-state index is 12.6. The molecule has 1 aromatic carbocycles. The number of hydrogen-bond acceptors (Lipinski definition) is 7. The number of halogens is 1. The number of carbonyl (C=O) groups excluding carboxylic acids is 3. The fraction of sp³-hybridized carbons (Fsp3) is 0.450. The second kappa shape index (κ2) is 10.9. The van der Waals surface area contributed by atoms with Crippen LogP contribution in [0.1, 0.15) is 39.7 Å². The van der Waals surface area contributed by atoms with Gasteiger partial charge in [0.05, 0.1) is 27.8 Å². The summed E-state index contributed by atoms with van der Waals surface area (Å²) in [5.74, 6) is 0.115. The van der Waals surface area contributed by atoms with E-state index in [4.69, 9.17) is 14.2 Å². The third-order valence-corrected chi connectivity index (χ3v) is 5.32. The minimum absolute atomic E-state index is 0.243. The van der Waals surface area contributed by atoms with Crippen LogP contribution in [0.2, 0.25) is 0 Å². The van der Waals surface area contributed by atoms with E-state index < -0.39 is 23.7 Å². The molecule has 9 heteroatoms. The maximum atomic E-state index is 12.6. The van der Waals surface area contributed by atoms with Gasteiger partial charge in [0, 0.05) is 0 Å². The highest BCUT2D eigenvalue weighted by Gasteiger charge is 2.36. The van der Waals surface area contributed by atoms with Gasteiger partial charge in [-0.2, -0.15) is 0 Å². The molecular formula is C20H24INO6S. The Morgan fingerprint density at radius 2 is 1.97 bits per heavy atom. The summed E-state index contributed by atoms with van der Waals surface area (Å²) in [6.45, 7) is 7.95. The largest absolute Gasteiger partial charge is 0.490 e. The van der Waals surface area contributed by atoms with Gasteiger partial charge in [-0.1, -0.05) is 6.92 Å². The number of ether oxygens (including phenoxy) is 3. The standard InChI is InChI=1S/C20H24INO6S/c1-5-7-27-18-14(21)8-13(9-15(18)26-6-2)10-16-19(24)22(20(25)29-16)11-17(23)28-12(3)4/h8-10,12H,5-7,11H2,1-4H3/b16-10-. The number of nitrogens with zero attached hydrogens (tertiary/aromatic N) is 1. The Hall–Kier alpha value is -1.75. The molecule has 158 valence electrons. The number of thioether (sulfide) groups is 1. The molecule has 0 unspecified atom stereocenters. The second-order valence-electron chi connectivity index (χ2n) is 6.42. The van der Waals surface area contributed by atoms with Gasteiger partial charge in [-0.25, -0.2) is 0 Å². The SMILES string of the molecule is CCCOc1c(I)cc(/C=C2\SC(=O)N(CC(=O)OC(C)C)C2=O)cc1OCC. The molecule has 1 heterocycles. The molecule has 2 amide bonds. The Morgan fingerprint density at radius 3 is 2.59 bits per heavy atom. The smallest absolute Gasteiger partial charge is 0.326 e. The zero-order chi connectivity index (χ0) is 21.6. The summed E-state index contributed by atoms with van der Waals surface area (Å²) in [6.07, 6.45) is 2.17. The fourth-order valence-corrected chi connectivity index (χ4v) is 4.11. The first-order valence-corrected chi connectivity index (χ1v) is 11.2. The van der Waals surface area contributed by atoms with E-state index in [-0.39, 0.29) is 11.0 Å². The summed E-state index contributed by atoms with van der Waals surface area (Å²) in [7, 11) is 0. The van der Waals surface area contributed by atoms with Gasteiger partial charge in [-0.3, -0.25) is 19.3 Å². The van der Waals surface area contributed by atoms with E-state index in [1.807, 2.05) is 19.9 Å². The summed E-state index contributed by atoms with van der Waals surface area (Å²) in [4.78, 5) is 37.7. The first kappa shape index (κ1) is 23.5. The van der Waals surface area contributed by atoms with Gasteiger partial charge in [-0.05, 0) is 85.3 Å². The fourth-order valence-electron chi connectivity index (χ4n) is 2.50. The van der Waals surface area contributed by atoms with Gasteiger partial charge in [0.25, 0.3) is 11.1 Å². The van der Waals surface area contributed by atoms with Gasteiger partial charge in [0.15, 0.2) is 11.5 Å². The maximum Gasteiger partial charge on any atom is 0.326 e. The molecule has 0 aromatic heterocycles. The average molecular weight is 533 g/mol. The molecule has 0 radical (unpaired) electrons. The van der Waals surface area contributed by atoms with Crippen LogP contribution in [0.5, 0.6) is 11.5 Å². The number of rotatable bonds is 9. The molecule has 0 spiro atoms. The first-order chi connectivity index (χ1) is 13.8. The molecule has 1 aliphatic heterocycles. The number of benzene rings is 1. The van der Waals surface area contributed by atoms with E-state index >= 15 is 0 Å². The van der Waals surface area contributed by atoms with Crippen molar-refractivity contribution >= 4 is 57.5 Å². The predicted molar refractivity (Wildman–Crippen MR) is 120 cm³/mol. The third kappa shape index (κ3) is 6.36. The second-order valence-corrected chi connectivity index (χ2v) is 8.57. The molecule has 1 fully saturated rings. The molecule has 1 aliphatic rings. The zero-order valence-electron chi connectivity index (χ0n) is 16.8. The van der Waals surface area contributed by atoms with Crippen LogP contribution < -0.4 is 9.47 Å². The number of hydrogen-bond donors (Lipinski definition) is 0. The van der Waals surface area contributed by atoms with Crippen molar-refractivity contribution in [3.05, 3.63) is 26.2 Å². The molecule has 0 N–H and O–H groups in total. The van der Waals surface area contributed by atoms with Crippen molar-refractivity contribution in [2.75, 3.05) is 19.8 Å². The van der Waals surface area contributed by atoms with E-state index in [1.165, 1.54) is 0 Å². The predicted octanol–water partition coefficient (Wildman–Crippen LogP) is 4.47. The van der Waals surface area contributed by atoms with Gasteiger partial charge in [-0.15, -0.1) is 0 Å². The summed E-state index contributed by atoms with van der Waals surface area (Å²) in [5.41, 5.74) is 0.706. The lowest BCUT2D eigenvalue weighted by Gasteiger charge is -2.14. The monoisotopic (exact) mass is 533 g/mol. The zero-order valence-corrected chi connectivity index (χ0v) is 19.8. The minimum Gasteiger partial charge on any atom is -0.490 e. The Bertz CT molecular complexity index is 823. The molecule has 0 aliphatic carbocycles. The molecule has 0 saturated carbocycles. The van der Waals surface area contributed by atoms with Crippen LogP contribution in [-0.2, 0) is 14.3 Å². The minimum atomic E-state index is -0.617. The van der Waals surface area contributed by atoms with Gasteiger partial charge >= 0.3 is 5.97 Å². The van der Waals surface area contributed by atoms with Crippen molar-refractivity contribution in [1.82, 2.24) is 4.90 Å². The quantitative estimate of drug-likeness (QED) is 0.263. The molecule has 2 rings (SSSR count). The molecule has 0 bridgehead atoms. The van der Waals surface area contributed by atoms with Crippen LogP contribution in [0.3, 0.4) is 0 Å². The topological polar surface area (TPSA) is 82.1 Å². The Labute approximate surface area is 188 Å². The summed E-state index contributed by atoms with van der Waals surface area (Å²) in [5, 5.41) is -0.496. The van der Waals surface area contributed by atoms with Crippen molar-refractivity contribution in [2.45, 2.75) is 40.2 Å². The van der Waals surface area contributed by atoms with E-state index in [0.717, 1.165) is 26.7 Å². The molecule has 0 atom stereocenters. The Balaban J connectivity index is 2.26. The first-order valence-electron chi connectivity index (χ1n) is 9.30. The van der Waals surface area contributed by atoms with Crippen LogP contribution in [-0.4, -0.2) is 47.9 Å². The molecule has 1 aromatic rings. The van der Waals surface area contributed by atoms with Crippen molar-refractivity contribution in [1.29, 1.82) is 0 Å². The third-order valence-electron chi connectivity index (χ3n) is 3.61. The van der Waals surface area contributed by atoms with Crippen LogP contribution in [0, 0.1) is 3.57 Å². The highest BCUT2D eigenvalue weighted by Crippen LogP contribution is 2.37. The Morgan fingerprint density at radius 1 is 1.24 bits per heavy atom. The van der Waals surface area contributed by atoms with Crippen molar-refractivity contribution in [3.63, 3.8) is 0 Å². The van der Waals surface area contributed by atoms with Crippen LogP contribution in [0.25, 0.3) is 6.08 Å². The van der Waals surface area contributed by atoms with Gasteiger partial charge in [0.1, 0.15) is 6.54 Å². The number of amides is 2. The highest BCUT2D eigenvalue weighted by atomic mass is 127. The van der Waals surface area contributed by atoms with Crippen LogP contribution in [0.15, 0.2) is 17.0 Å².